The van der Waals surface area contributed by atoms with Gasteiger partial charge in [0.15, 0.2) is 0 Å². The molecule has 0 spiro atoms. The number of carbonyl (C=O) groups excluding carboxylic acids is 1. The molecule has 1 saturated heterocycles. The van der Waals surface area contributed by atoms with Crippen LogP contribution in [0.1, 0.15) is 15.2 Å². The number of halogens is 1. The van der Waals surface area contributed by atoms with Gasteiger partial charge in [-0.3, -0.25) is 14.4 Å². The molecule has 0 saturated carbocycles. The van der Waals surface area contributed by atoms with E-state index in [0.717, 1.165) is 24.0 Å². The molecular weight excluding hydrogens is 454 g/mol. The molecule has 31 heavy (non-hydrogen) atoms. The van der Waals surface area contributed by atoms with E-state index in [1.807, 2.05) is 17.0 Å². The zero-order valence-electron chi connectivity index (χ0n) is 16.7. The molecule has 0 aliphatic carbocycles. The largest absolute Gasteiger partial charge is 0.336 e. The number of amides is 1. The highest BCUT2D eigenvalue weighted by molar-refractivity contribution is 7.92. The second kappa shape index (κ2) is 9.40. The fraction of sp³-hybridized carbons (Fsp3) is 0.227. The first-order valence-corrected chi connectivity index (χ1v) is 12.5. The summed E-state index contributed by atoms with van der Waals surface area (Å²) >= 11 is 7.58. The van der Waals surface area contributed by atoms with Crippen molar-refractivity contribution < 1.29 is 13.2 Å². The highest BCUT2D eigenvalue weighted by Gasteiger charge is 2.23. The molecule has 6 nitrogen and oxygen atoms in total. The lowest BCUT2D eigenvalue weighted by molar-refractivity contribution is 0.0629. The van der Waals surface area contributed by atoms with Gasteiger partial charge in [0, 0.05) is 48.9 Å². The number of anilines is 1. The molecule has 4 rings (SSSR count). The third-order valence-electron chi connectivity index (χ3n) is 5.08. The number of nitrogens with one attached hydrogen (secondary N) is 1. The molecule has 1 aromatic heterocycles. The predicted molar refractivity (Wildman–Crippen MR) is 124 cm³/mol. The van der Waals surface area contributed by atoms with Gasteiger partial charge in [-0.15, -0.1) is 11.3 Å². The van der Waals surface area contributed by atoms with Crippen molar-refractivity contribution in [1.29, 1.82) is 0 Å². The molecule has 0 unspecified atom stereocenters. The van der Waals surface area contributed by atoms with Crippen LogP contribution in [0, 0.1) is 0 Å². The molecule has 1 N–H and O–H groups in total. The smallest absolute Gasteiger partial charge is 0.261 e. The summed E-state index contributed by atoms with van der Waals surface area (Å²) in [6.45, 7) is 3.63. The fourth-order valence-corrected chi connectivity index (χ4v) is 5.68. The Balaban J connectivity index is 1.38. The Morgan fingerprint density at radius 1 is 0.968 bits per heavy atom. The number of hydrogen-bond acceptors (Lipinski definition) is 5. The van der Waals surface area contributed by atoms with Crippen molar-refractivity contribution in [2.45, 2.75) is 11.4 Å². The van der Waals surface area contributed by atoms with E-state index in [-0.39, 0.29) is 10.8 Å². The average Bonchev–Trinajstić information content (AvgIpc) is 3.19. The minimum Gasteiger partial charge on any atom is -0.336 e. The minimum absolute atomic E-state index is 0.0976. The SMILES string of the molecule is O=C(c1cccc(NS(=O)(=O)c2ccccc2)c1)N1CCN(Cc2ccc(Cl)s2)CC1. The number of hydrogen-bond donors (Lipinski definition) is 1. The number of sulfonamides is 1. The van der Waals surface area contributed by atoms with Crippen LogP contribution >= 0.6 is 22.9 Å². The Morgan fingerprint density at radius 2 is 1.71 bits per heavy atom. The van der Waals surface area contributed by atoms with Crippen LogP contribution in [0.2, 0.25) is 4.34 Å². The van der Waals surface area contributed by atoms with Gasteiger partial charge < -0.3 is 4.90 Å². The van der Waals surface area contributed by atoms with Crippen LogP contribution < -0.4 is 4.72 Å². The van der Waals surface area contributed by atoms with Crippen molar-refractivity contribution >= 4 is 44.6 Å². The van der Waals surface area contributed by atoms with Crippen molar-refractivity contribution in [3.05, 3.63) is 81.5 Å². The molecule has 0 bridgehead atoms. The van der Waals surface area contributed by atoms with Gasteiger partial charge in [0.05, 0.1) is 9.23 Å². The van der Waals surface area contributed by atoms with Crippen molar-refractivity contribution in [2.75, 3.05) is 30.9 Å². The van der Waals surface area contributed by atoms with E-state index in [4.69, 9.17) is 11.6 Å². The Kier molecular flexibility index (Phi) is 6.62. The van der Waals surface area contributed by atoms with Crippen molar-refractivity contribution in [1.82, 2.24) is 9.80 Å². The average molecular weight is 476 g/mol. The Labute approximate surface area is 191 Å². The first-order chi connectivity index (χ1) is 14.9. The monoisotopic (exact) mass is 475 g/mol. The minimum atomic E-state index is -3.71. The summed E-state index contributed by atoms with van der Waals surface area (Å²) in [6, 6.07) is 18.7. The van der Waals surface area contributed by atoms with E-state index < -0.39 is 10.0 Å². The number of thiophene rings is 1. The van der Waals surface area contributed by atoms with Crippen LogP contribution in [0.4, 0.5) is 5.69 Å². The lowest BCUT2D eigenvalue weighted by Crippen LogP contribution is -2.48. The van der Waals surface area contributed by atoms with Gasteiger partial charge in [-0.25, -0.2) is 8.42 Å². The molecular formula is C22H22ClN3O3S2. The summed E-state index contributed by atoms with van der Waals surface area (Å²) < 4.78 is 28.4. The summed E-state index contributed by atoms with van der Waals surface area (Å²) in [4.78, 5) is 18.5. The van der Waals surface area contributed by atoms with Crippen LogP contribution in [-0.2, 0) is 16.6 Å². The summed E-state index contributed by atoms with van der Waals surface area (Å²) in [5.74, 6) is -0.0976. The number of nitrogens with zero attached hydrogens (tertiary/aromatic N) is 2. The van der Waals surface area contributed by atoms with Gasteiger partial charge in [-0.05, 0) is 42.5 Å². The molecule has 1 fully saturated rings. The molecule has 1 aliphatic heterocycles. The van der Waals surface area contributed by atoms with E-state index in [1.54, 1.807) is 53.8 Å². The third kappa shape index (κ3) is 5.46. The maximum Gasteiger partial charge on any atom is 0.261 e. The lowest BCUT2D eigenvalue weighted by atomic mass is 10.1. The molecule has 162 valence electrons. The van der Waals surface area contributed by atoms with Crippen molar-refractivity contribution in [3.63, 3.8) is 0 Å². The van der Waals surface area contributed by atoms with Crippen LogP contribution in [0.15, 0.2) is 71.6 Å². The second-order valence-electron chi connectivity index (χ2n) is 7.27. The van der Waals surface area contributed by atoms with Crippen molar-refractivity contribution in [2.24, 2.45) is 0 Å². The van der Waals surface area contributed by atoms with Crippen LogP contribution in [0.3, 0.4) is 0 Å². The highest BCUT2D eigenvalue weighted by Crippen LogP contribution is 2.23. The zero-order valence-corrected chi connectivity index (χ0v) is 19.1. The second-order valence-corrected chi connectivity index (χ2v) is 10.8. The quantitative estimate of drug-likeness (QED) is 0.581. The number of carbonyl (C=O) groups is 1. The molecule has 2 aromatic carbocycles. The van der Waals surface area contributed by atoms with E-state index >= 15 is 0 Å². The summed E-state index contributed by atoms with van der Waals surface area (Å²) in [5.41, 5.74) is 0.828. The van der Waals surface area contributed by atoms with Crippen LogP contribution in [0.25, 0.3) is 0 Å². The van der Waals surface area contributed by atoms with Gasteiger partial charge in [0.25, 0.3) is 15.9 Å². The van der Waals surface area contributed by atoms with E-state index in [9.17, 15) is 13.2 Å². The Morgan fingerprint density at radius 3 is 2.39 bits per heavy atom. The maximum atomic E-state index is 13.0. The topological polar surface area (TPSA) is 69.7 Å². The van der Waals surface area contributed by atoms with Gasteiger partial charge >= 0.3 is 0 Å². The van der Waals surface area contributed by atoms with Crippen molar-refractivity contribution in [3.8, 4) is 0 Å². The molecule has 9 heteroatoms. The first-order valence-electron chi connectivity index (χ1n) is 9.84. The normalized spacial score (nSPS) is 15.1. The van der Waals surface area contributed by atoms with E-state index in [2.05, 4.69) is 9.62 Å². The van der Waals surface area contributed by atoms with Gasteiger partial charge in [-0.1, -0.05) is 35.9 Å². The van der Waals surface area contributed by atoms with Crippen LogP contribution in [0.5, 0.6) is 0 Å². The van der Waals surface area contributed by atoms with Gasteiger partial charge in [0.2, 0.25) is 0 Å². The number of piperazine rings is 1. The third-order valence-corrected chi connectivity index (χ3v) is 7.70. The number of benzene rings is 2. The highest BCUT2D eigenvalue weighted by atomic mass is 35.5. The number of rotatable bonds is 6. The van der Waals surface area contributed by atoms with Crippen LogP contribution in [-0.4, -0.2) is 50.3 Å². The molecule has 1 amide bonds. The standard InChI is InChI=1S/C22H22ClN3O3S2/c23-21-10-9-19(30-21)16-25-11-13-26(14-12-25)22(27)17-5-4-6-18(15-17)24-31(28,29)20-7-2-1-3-8-20/h1-10,15,24H,11-14,16H2. The van der Waals surface area contributed by atoms with E-state index in [0.29, 0.717) is 24.3 Å². The van der Waals surface area contributed by atoms with E-state index in [1.165, 1.54) is 17.0 Å². The fourth-order valence-electron chi connectivity index (χ4n) is 3.48. The summed E-state index contributed by atoms with van der Waals surface area (Å²) in [7, 11) is -3.71. The molecule has 1 aliphatic rings. The molecule has 3 aromatic rings. The van der Waals surface area contributed by atoms with Gasteiger partial charge in [0.1, 0.15) is 0 Å². The van der Waals surface area contributed by atoms with Gasteiger partial charge in [-0.2, -0.15) is 0 Å². The predicted octanol–water partition coefficient (Wildman–Crippen LogP) is 4.16. The maximum absolute atomic E-state index is 13.0. The lowest BCUT2D eigenvalue weighted by Gasteiger charge is -2.34. The summed E-state index contributed by atoms with van der Waals surface area (Å²) in [5, 5.41) is 0. The zero-order chi connectivity index (χ0) is 21.8. The molecule has 0 atom stereocenters. The Hall–Kier alpha value is -2.39. The summed E-state index contributed by atoms with van der Waals surface area (Å²) in [6.07, 6.45) is 0. The molecule has 2 heterocycles. The molecule has 0 radical (unpaired) electrons. The Bertz CT molecular complexity index is 1160. The first kappa shape index (κ1) is 21.8.